The molecule has 2 heterocycles. The Hall–Kier alpha value is -3.95. The molecular weight excluding hydrogens is 490 g/mol. The van der Waals surface area contributed by atoms with E-state index < -0.39 is 17.8 Å². The largest absolute Gasteiger partial charge is 0.497 e. The van der Waals surface area contributed by atoms with Crippen LogP contribution in [-0.4, -0.2) is 39.7 Å². The first-order valence-electron chi connectivity index (χ1n) is 10.4. The minimum absolute atomic E-state index is 0.000661. The van der Waals surface area contributed by atoms with Crippen molar-refractivity contribution in [2.24, 2.45) is 0 Å². The maximum absolute atomic E-state index is 13.3. The number of aromatic carboxylic acids is 1. The lowest BCUT2D eigenvalue weighted by Crippen LogP contribution is -2.54. The zero-order chi connectivity index (χ0) is 25.4. The number of nitrogens with zero attached hydrogens (tertiary/aromatic N) is 2. The highest BCUT2D eigenvalue weighted by Gasteiger charge is 2.34. The molecule has 1 aliphatic rings. The molecule has 0 saturated carbocycles. The summed E-state index contributed by atoms with van der Waals surface area (Å²) >= 11 is 11.4. The van der Waals surface area contributed by atoms with Crippen molar-refractivity contribution in [1.82, 2.24) is 9.88 Å². The molecule has 1 saturated heterocycles. The van der Waals surface area contributed by atoms with Gasteiger partial charge in [0.05, 0.1) is 23.4 Å². The van der Waals surface area contributed by atoms with Gasteiger partial charge in [0.15, 0.2) is 5.11 Å². The van der Waals surface area contributed by atoms with Gasteiger partial charge in [-0.1, -0.05) is 11.6 Å². The van der Waals surface area contributed by atoms with Gasteiger partial charge in [-0.2, -0.15) is 0 Å². The maximum Gasteiger partial charge on any atom is 0.337 e. The van der Waals surface area contributed by atoms with Crippen LogP contribution in [0.5, 0.6) is 5.75 Å². The molecule has 35 heavy (non-hydrogen) atoms. The minimum atomic E-state index is -1.12. The number of carboxylic acids is 1. The number of amides is 2. The molecular formula is C25H20ClN3O5S. The van der Waals surface area contributed by atoms with Gasteiger partial charge in [0.25, 0.3) is 11.8 Å². The van der Waals surface area contributed by atoms with Crippen molar-refractivity contribution < 1.29 is 24.2 Å². The van der Waals surface area contributed by atoms with Crippen molar-refractivity contribution >= 4 is 58.5 Å². The van der Waals surface area contributed by atoms with E-state index in [4.69, 9.17) is 28.6 Å². The molecule has 3 aromatic rings. The number of hydrogen-bond acceptors (Lipinski definition) is 5. The summed E-state index contributed by atoms with van der Waals surface area (Å²) in [6.07, 6.45) is 1.52. The van der Waals surface area contributed by atoms with Gasteiger partial charge in [0, 0.05) is 17.1 Å². The summed E-state index contributed by atoms with van der Waals surface area (Å²) in [7, 11) is 1.54. The fourth-order valence-electron chi connectivity index (χ4n) is 3.93. The number of aryl methyl sites for hydroxylation is 1. The van der Waals surface area contributed by atoms with Crippen LogP contribution < -0.4 is 15.0 Å². The molecule has 178 valence electrons. The molecule has 1 aromatic heterocycles. The van der Waals surface area contributed by atoms with E-state index >= 15 is 0 Å². The van der Waals surface area contributed by atoms with Crippen LogP contribution in [0.4, 0.5) is 5.69 Å². The number of methoxy groups -OCH3 is 1. The second-order valence-corrected chi connectivity index (χ2v) is 8.58. The highest BCUT2D eigenvalue weighted by molar-refractivity contribution is 7.80. The van der Waals surface area contributed by atoms with Gasteiger partial charge in [-0.3, -0.25) is 19.8 Å². The van der Waals surface area contributed by atoms with Gasteiger partial charge >= 0.3 is 5.97 Å². The molecule has 1 fully saturated rings. The maximum atomic E-state index is 13.3. The lowest BCUT2D eigenvalue weighted by molar-refractivity contribution is -0.122. The summed E-state index contributed by atoms with van der Waals surface area (Å²) < 4.78 is 7.02. The first-order chi connectivity index (χ1) is 16.6. The molecule has 0 radical (unpaired) electrons. The van der Waals surface area contributed by atoms with Gasteiger partial charge < -0.3 is 14.4 Å². The topological polar surface area (TPSA) is 101 Å². The third kappa shape index (κ3) is 4.43. The van der Waals surface area contributed by atoms with Crippen LogP contribution in [0.15, 0.2) is 54.1 Å². The normalized spacial score (nSPS) is 14.9. The average molecular weight is 510 g/mol. The molecule has 0 atom stereocenters. The van der Waals surface area contributed by atoms with Crippen LogP contribution in [-0.2, 0) is 9.59 Å². The summed E-state index contributed by atoms with van der Waals surface area (Å²) in [4.78, 5) is 38.6. The Kier molecular flexibility index (Phi) is 6.47. The third-order valence-electron chi connectivity index (χ3n) is 5.64. The second kappa shape index (κ2) is 9.36. The Morgan fingerprint density at radius 1 is 1.09 bits per heavy atom. The molecule has 0 unspecified atom stereocenters. The van der Waals surface area contributed by atoms with E-state index in [1.54, 1.807) is 36.4 Å². The molecule has 2 aromatic carbocycles. The summed E-state index contributed by atoms with van der Waals surface area (Å²) in [5.74, 6) is -1.65. The van der Waals surface area contributed by atoms with E-state index in [0.717, 1.165) is 11.4 Å². The van der Waals surface area contributed by atoms with Gasteiger partial charge in [-0.05, 0) is 86.2 Å². The van der Waals surface area contributed by atoms with E-state index in [1.165, 1.54) is 24.2 Å². The zero-order valence-electron chi connectivity index (χ0n) is 19.0. The first kappa shape index (κ1) is 24.2. The van der Waals surface area contributed by atoms with Crippen molar-refractivity contribution in [1.29, 1.82) is 0 Å². The van der Waals surface area contributed by atoms with Crippen LogP contribution >= 0.6 is 23.8 Å². The van der Waals surface area contributed by atoms with Gasteiger partial charge in [-0.25, -0.2) is 4.79 Å². The molecule has 1 aliphatic heterocycles. The van der Waals surface area contributed by atoms with Crippen LogP contribution in [0, 0.1) is 13.8 Å². The number of nitrogens with one attached hydrogen (secondary N) is 1. The van der Waals surface area contributed by atoms with E-state index in [1.807, 2.05) is 24.5 Å². The Balaban J connectivity index is 1.74. The number of carbonyl (C=O) groups is 3. The number of benzene rings is 2. The monoisotopic (exact) mass is 509 g/mol. The predicted molar refractivity (Wildman–Crippen MR) is 136 cm³/mol. The Bertz CT molecular complexity index is 1430. The number of halogens is 1. The van der Waals surface area contributed by atoms with Crippen LogP contribution in [0.1, 0.15) is 27.3 Å². The van der Waals surface area contributed by atoms with Crippen molar-refractivity contribution in [2.75, 3.05) is 12.0 Å². The lowest BCUT2D eigenvalue weighted by Gasteiger charge is -2.29. The summed E-state index contributed by atoms with van der Waals surface area (Å²) in [6, 6.07) is 13.2. The van der Waals surface area contributed by atoms with Gasteiger partial charge in [0.1, 0.15) is 11.3 Å². The first-order valence-corrected chi connectivity index (χ1v) is 11.2. The predicted octanol–water partition coefficient (Wildman–Crippen LogP) is 4.29. The number of carbonyl (C=O) groups excluding carboxylic acids is 2. The summed E-state index contributed by atoms with van der Waals surface area (Å²) in [6.45, 7) is 3.69. The van der Waals surface area contributed by atoms with Crippen molar-refractivity contribution in [3.05, 3.63) is 81.6 Å². The lowest BCUT2D eigenvalue weighted by atomic mass is 10.1. The molecule has 0 bridgehead atoms. The summed E-state index contributed by atoms with van der Waals surface area (Å²) in [5.41, 5.74) is 3.25. The molecule has 10 heteroatoms. The fourth-order valence-corrected chi connectivity index (χ4v) is 4.46. The van der Waals surface area contributed by atoms with Crippen LogP contribution in [0.25, 0.3) is 11.8 Å². The molecule has 4 rings (SSSR count). The Morgan fingerprint density at radius 2 is 1.74 bits per heavy atom. The Morgan fingerprint density at radius 3 is 2.34 bits per heavy atom. The SMILES string of the molecule is COc1ccc(N2C(=O)/C(=C/c3cc(C)n(-c4ccc(C(=O)O)c(Cl)c4)c3C)C(=O)NC2=S)cc1. The van der Waals surface area contributed by atoms with E-state index in [0.29, 0.717) is 22.7 Å². The smallest absolute Gasteiger partial charge is 0.337 e. The highest BCUT2D eigenvalue weighted by atomic mass is 35.5. The third-order valence-corrected chi connectivity index (χ3v) is 6.24. The molecule has 8 nitrogen and oxygen atoms in total. The van der Waals surface area contributed by atoms with Crippen molar-refractivity contribution in [3.63, 3.8) is 0 Å². The van der Waals surface area contributed by atoms with E-state index in [-0.39, 0.29) is 21.3 Å². The number of hydrogen-bond donors (Lipinski definition) is 2. The zero-order valence-corrected chi connectivity index (χ0v) is 20.5. The van der Waals surface area contributed by atoms with E-state index in [9.17, 15) is 19.5 Å². The number of carboxylic acid groups (broad SMARTS) is 1. The summed E-state index contributed by atoms with van der Waals surface area (Å²) in [5, 5.41) is 11.9. The number of ether oxygens (including phenoxy) is 1. The van der Waals surface area contributed by atoms with Gasteiger partial charge in [-0.15, -0.1) is 0 Å². The number of rotatable bonds is 5. The minimum Gasteiger partial charge on any atom is -0.497 e. The molecule has 0 spiro atoms. The molecule has 0 aliphatic carbocycles. The number of thiocarbonyl (C=S) groups is 1. The fraction of sp³-hybridized carbons (Fsp3) is 0.120. The van der Waals surface area contributed by atoms with Crippen LogP contribution in [0.3, 0.4) is 0 Å². The average Bonchev–Trinajstić information content (AvgIpc) is 3.09. The quantitative estimate of drug-likeness (QED) is 0.302. The van der Waals surface area contributed by atoms with Crippen molar-refractivity contribution in [3.8, 4) is 11.4 Å². The van der Waals surface area contributed by atoms with Gasteiger partial charge in [0.2, 0.25) is 0 Å². The standard InChI is InChI=1S/C25H20ClN3O5S/c1-13-10-15(14(2)28(13)17-6-9-19(24(32)33)21(26)12-17)11-20-22(30)27-25(35)29(23(20)31)16-4-7-18(34-3)8-5-16/h4-12H,1-3H3,(H,32,33)(H,27,30,35)/b20-11+. The van der Waals surface area contributed by atoms with Crippen molar-refractivity contribution in [2.45, 2.75) is 13.8 Å². The number of aromatic nitrogens is 1. The second-order valence-electron chi connectivity index (χ2n) is 7.79. The van der Waals surface area contributed by atoms with E-state index in [2.05, 4.69) is 5.32 Å². The van der Waals surface area contributed by atoms with Crippen LogP contribution in [0.2, 0.25) is 5.02 Å². The Labute approximate surface area is 211 Å². The highest BCUT2D eigenvalue weighted by Crippen LogP contribution is 2.28. The molecule has 2 amide bonds. The molecule has 2 N–H and O–H groups in total. The number of anilines is 1.